The van der Waals surface area contributed by atoms with Crippen LogP contribution in [0.15, 0.2) is 24.6 Å². The van der Waals surface area contributed by atoms with Gasteiger partial charge < -0.3 is 8.85 Å². The topological polar surface area (TPSA) is 52.6 Å². The lowest BCUT2D eigenvalue weighted by Crippen LogP contribution is -2.44. The summed E-state index contributed by atoms with van der Waals surface area (Å²) in [5.41, 5.74) is 3.41. The number of carbonyl (C=O) groups is 2. The molecule has 0 saturated heterocycles. The van der Waals surface area contributed by atoms with Gasteiger partial charge in [0.05, 0.1) is 0 Å². The molecular formula is C14H26O4Si2. The molecule has 0 radical (unpaired) electrons. The highest BCUT2D eigenvalue weighted by molar-refractivity contribution is 6.82. The van der Waals surface area contributed by atoms with E-state index in [1.54, 1.807) is 11.4 Å². The first-order chi connectivity index (χ1) is 9.38. The van der Waals surface area contributed by atoms with Crippen LogP contribution in [0.4, 0.5) is 0 Å². The Morgan fingerprint density at radius 2 is 1.05 bits per heavy atom. The van der Waals surface area contributed by atoms with E-state index < -0.39 is 28.6 Å². The van der Waals surface area contributed by atoms with E-state index in [9.17, 15) is 9.59 Å². The smallest absolute Gasteiger partial charge is 0.403 e. The predicted molar refractivity (Wildman–Crippen MR) is 86.0 cm³/mol. The number of carbonyl (C=O) groups excluding carboxylic acids is 2. The van der Waals surface area contributed by atoms with Gasteiger partial charge in [0.1, 0.15) is 0 Å². The SMILES string of the molecule is C=C[Si](CC)(CC)OC(=O)C(=O)O[Si](C=C)(CC)CC. The van der Waals surface area contributed by atoms with Crippen molar-refractivity contribution in [3.05, 3.63) is 24.6 Å². The summed E-state index contributed by atoms with van der Waals surface area (Å²) in [4.78, 5) is 23.9. The van der Waals surface area contributed by atoms with Crippen LogP contribution in [0.3, 0.4) is 0 Å². The molecule has 20 heavy (non-hydrogen) atoms. The van der Waals surface area contributed by atoms with Gasteiger partial charge in [-0.25, -0.2) is 9.59 Å². The Morgan fingerprint density at radius 1 is 0.800 bits per heavy atom. The highest BCUT2D eigenvalue weighted by Crippen LogP contribution is 2.21. The van der Waals surface area contributed by atoms with Gasteiger partial charge in [-0.3, -0.25) is 0 Å². The van der Waals surface area contributed by atoms with Gasteiger partial charge in [-0.1, -0.05) is 39.1 Å². The van der Waals surface area contributed by atoms with Crippen LogP contribution in [0.5, 0.6) is 0 Å². The van der Waals surface area contributed by atoms with Crippen LogP contribution < -0.4 is 0 Å². The molecule has 0 saturated carbocycles. The average molecular weight is 315 g/mol. The molecule has 0 heterocycles. The second kappa shape index (κ2) is 8.21. The minimum absolute atomic E-state index is 0.706. The van der Waals surface area contributed by atoms with E-state index >= 15 is 0 Å². The number of rotatable bonds is 8. The third-order valence-corrected chi connectivity index (χ3v) is 11.4. The molecule has 0 N–H and O–H groups in total. The van der Waals surface area contributed by atoms with E-state index in [4.69, 9.17) is 8.85 Å². The largest absolute Gasteiger partial charge is 0.507 e. The van der Waals surface area contributed by atoms with E-state index in [1.807, 2.05) is 27.7 Å². The van der Waals surface area contributed by atoms with Gasteiger partial charge in [0.2, 0.25) is 0 Å². The molecule has 0 aliphatic rings. The summed E-state index contributed by atoms with van der Waals surface area (Å²) < 4.78 is 10.8. The van der Waals surface area contributed by atoms with Crippen molar-refractivity contribution in [3.63, 3.8) is 0 Å². The Labute approximate surface area is 124 Å². The van der Waals surface area contributed by atoms with Crippen LogP contribution in [0, 0.1) is 0 Å². The Bertz CT molecular complexity index is 335. The molecule has 0 spiro atoms. The number of hydrogen-bond donors (Lipinski definition) is 0. The molecule has 0 atom stereocenters. The Hall–Kier alpha value is -1.15. The van der Waals surface area contributed by atoms with Crippen LogP contribution in [0.1, 0.15) is 27.7 Å². The zero-order chi connectivity index (χ0) is 15.8. The Morgan fingerprint density at radius 3 is 1.20 bits per heavy atom. The third-order valence-electron chi connectivity index (χ3n) is 3.90. The fourth-order valence-corrected chi connectivity index (χ4v) is 5.71. The fraction of sp³-hybridized carbons (Fsp3) is 0.571. The van der Waals surface area contributed by atoms with Crippen LogP contribution in [-0.4, -0.2) is 28.6 Å². The minimum atomic E-state index is -2.35. The van der Waals surface area contributed by atoms with Gasteiger partial charge in [-0.15, -0.1) is 13.2 Å². The Balaban J connectivity index is 4.92. The van der Waals surface area contributed by atoms with Crippen molar-refractivity contribution in [1.29, 1.82) is 0 Å². The van der Waals surface area contributed by atoms with Crippen molar-refractivity contribution in [1.82, 2.24) is 0 Å². The molecular weight excluding hydrogens is 288 g/mol. The summed E-state index contributed by atoms with van der Waals surface area (Å²) >= 11 is 0. The van der Waals surface area contributed by atoms with Crippen molar-refractivity contribution in [2.24, 2.45) is 0 Å². The van der Waals surface area contributed by atoms with E-state index in [0.717, 1.165) is 0 Å². The normalized spacial score (nSPS) is 11.6. The Kier molecular flexibility index (Phi) is 7.74. The van der Waals surface area contributed by atoms with E-state index in [-0.39, 0.29) is 0 Å². The first-order valence-corrected chi connectivity index (χ1v) is 11.9. The van der Waals surface area contributed by atoms with E-state index in [0.29, 0.717) is 24.2 Å². The summed E-state index contributed by atoms with van der Waals surface area (Å²) in [5, 5.41) is 0. The zero-order valence-electron chi connectivity index (χ0n) is 13.0. The molecule has 4 nitrogen and oxygen atoms in total. The molecule has 0 aliphatic heterocycles. The van der Waals surface area contributed by atoms with Crippen LogP contribution in [0.25, 0.3) is 0 Å². The van der Waals surface area contributed by atoms with Gasteiger partial charge in [0, 0.05) is 0 Å². The maximum atomic E-state index is 11.9. The third kappa shape index (κ3) is 4.45. The molecule has 114 valence electrons. The molecule has 0 aromatic heterocycles. The standard InChI is InChI=1S/C14H26O4Si2/c1-7-19(8-2,9-3)17-13(15)14(16)18-20(10-4,11-5)12-6/h7,10H,1,4,8-9,11-12H2,2-3,5-6H3. The van der Waals surface area contributed by atoms with Gasteiger partial charge >= 0.3 is 11.9 Å². The summed E-state index contributed by atoms with van der Waals surface area (Å²) in [7, 11) is -4.69. The van der Waals surface area contributed by atoms with Crippen molar-refractivity contribution in [2.45, 2.75) is 51.9 Å². The second-order valence-electron chi connectivity index (χ2n) is 4.73. The monoisotopic (exact) mass is 314 g/mol. The lowest BCUT2D eigenvalue weighted by molar-refractivity contribution is -0.157. The van der Waals surface area contributed by atoms with Crippen molar-refractivity contribution >= 4 is 28.6 Å². The molecule has 0 fully saturated rings. The van der Waals surface area contributed by atoms with Crippen molar-refractivity contribution < 1.29 is 18.4 Å². The molecule has 6 heteroatoms. The maximum Gasteiger partial charge on any atom is 0.403 e. The first-order valence-electron chi connectivity index (χ1n) is 7.11. The summed E-state index contributed by atoms with van der Waals surface area (Å²) in [6.45, 7) is 15.2. The molecule has 0 rings (SSSR count). The maximum absolute atomic E-state index is 11.9. The fourth-order valence-electron chi connectivity index (χ4n) is 1.90. The lowest BCUT2D eigenvalue weighted by Gasteiger charge is -2.27. The minimum Gasteiger partial charge on any atom is -0.507 e. The molecule has 0 amide bonds. The van der Waals surface area contributed by atoms with Crippen LogP contribution >= 0.6 is 0 Å². The first kappa shape index (κ1) is 18.9. The molecule has 0 bridgehead atoms. The zero-order valence-corrected chi connectivity index (χ0v) is 15.0. The molecule has 0 unspecified atom stereocenters. The average Bonchev–Trinajstić information content (AvgIpc) is 2.50. The van der Waals surface area contributed by atoms with Gasteiger partial charge in [0.15, 0.2) is 0 Å². The van der Waals surface area contributed by atoms with Crippen molar-refractivity contribution in [3.8, 4) is 0 Å². The summed E-state index contributed by atoms with van der Waals surface area (Å²) in [6, 6.07) is 2.82. The predicted octanol–water partition coefficient (Wildman–Crippen LogP) is 3.49. The van der Waals surface area contributed by atoms with Crippen LogP contribution in [0.2, 0.25) is 24.2 Å². The van der Waals surface area contributed by atoms with E-state index in [2.05, 4.69) is 13.2 Å². The van der Waals surface area contributed by atoms with Gasteiger partial charge in [-0.05, 0) is 24.2 Å². The van der Waals surface area contributed by atoms with Crippen LogP contribution in [-0.2, 0) is 18.4 Å². The highest BCUT2D eigenvalue weighted by atomic mass is 28.4. The number of hydrogen-bond acceptors (Lipinski definition) is 4. The highest BCUT2D eigenvalue weighted by Gasteiger charge is 2.38. The van der Waals surface area contributed by atoms with Crippen molar-refractivity contribution in [2.75, 3.05) is 0 Å². The summed E-state index contributed by atoms with van der Waals surface area (Å²) in [5.74, 6) is -1.78. The van der Waals surface area contributed by atoms with Gasteiger partial charge in [-0.2, -0.15) is 0 Å². The van der Waals surface area contributed by atoms with E-state index in [1.165, 1.54) is 0 Å². The quantitative estimate of drug-likeness (QED) is 0.508. The lowest BCUT2D eigenvalue weighted by atomic mass is 10.7. The molecule has 0 aliphatic carbocycles. The molecule has 0 aromatic rings. The second-order valence-corrected chi connectivity index (χ2v) is 13.0. The summed E-state index contributed by atoms with van der Waals surface area (Å²) in [6.07, 6.45) is 0. The van der Waals surface area contributed by atoms with Gasteiger partial charge in [0.25, 0.3) is 16.6 Å². The molecule has 0 aromatic carbocycles.